The van der Waals surface area contributed by atoms with E-state index in [9.17, 15) is 0 Å². The highest BCUT2D eigenvalue weighted by molar-refractivity contribution is 4.88. The van der Waals surface area contributed by atoms with Gasteiger partial charge in [-0.25, -0.2) is 0 Å². The summed E-state index contributed by atoms with van der Waals surface area (Å²) in [4.78, 5) is 4.94. The summed E-state index contributed by atoms with van der Waals surface area (Å²) in [5, 5.41) is 0. The van der Waals surface area contributed by atoms with Crippen molar-refractivity contribution >= 4 is 0 Å². The lowest BCUT2D eigenvalue weighted by Gasteiger charge is -2.46. The standard InChI is InChI=1S/C13H28N2/c1-12(2,3)15-9-7-13(4,8-10-15)11-14(5)6/h7-11H2,1-6H3. The van der Waals surface area contributed by atoms with Crippen LogP contribution in [0.5, 0.6) is 0 Å². The van der Waals surface area contributed by atoms with Gasteiger partial charge in [0, 0.05) is 12.1 Å². The van der Waals surface area contributed by atoms with Crippen molar-refractivity contribution in [3.63, 3.8) is 0 Å². The largest absolute Gasteiger partial charge is 0.309 e. The van der Waals surface area contributed by atoms with Crippen LogP contribution >= 0.6 is 0 Å². The maximum Gasteiger partial charge on any atom is 0.0125 e. The molecule has 0 radical (unpaired) electrons. The fourth-order valence-corrected chi connectivity index (χ4v) is 2.64. The van der Waals surface area contributed by atoms with Crippen molar-refractivity contribution in [3.05, 3.63) is 0 Å². The molecule has 1 saturated heterocycles. The second kappa shape index (κ2) is 4.42. The molecule has 2 nitrogen and oxygen atoms in total. The van der Waals surface area contributed by atoms with Crippen molar-refractivity contribution in [1.29, 1.82) is 0 Å². The number of likely N-dealkylation sites (tertiary alicyclic amines) is 1. The highest BCUT2D eigenvalue weighted by Gasteiger charge is 2.33. The van der Waals surface area contributed by atoms with E-state index in [0.717, 1.165) is 0 Å². The summed E-state index contributed by atoms with van der Waals surface area (Å²) >= 11 is 0. The van der Waals surface area contributed by atoms with Gasteiger partial charge in [0.1, 0.15) is 0 Å². The number of piperidine rings is 1. The average molecular weight is 212 g/mol. The van der Waals surface area contributed by atoms with Crippen molar-refractivity contribution in [3.8, 4) is 0 Å². The minimum Gasteiger partial charge on any atom is -0.309 e. The lowest BCUT2D eigenvalue weighted by Crippen LogP contribution is -2.50. The van der Waals surface area contributed by atoms with Crippen LogP contribution in [0.3, 0.4) is 0 Å². The van der Waals surface area contributed by atoms with Gasteiger partial charge in [-0.1, -0.05) is 6.92 Å². The van der Waals surface area contributed by atoms with Gasteiger partial charge >= 0.3 is 0 Å². The summed E-state index contributed by atoms with van der Waals surface area (Å²) in [5.74, 6) is 0. The molecule has 15 heavy (non-hydrogen) atoms. The molecular formula is C13H28N2. The second-order valence-corrected chi connectivity index (χ2v) is 6.71. The topological polar surface area (TPSA) is 6.48 Å². The monoisotopic (exact) mass is 212 g/mol. The smallest absolute Gasteiger partial charge is 0.0125 e. The SMILES string of the molecule is CN(C)CC1(C)CCN(C(C)(C)C)CC1. The molecule has 0 atom stereocenters. The van der Waals surface area contributed by atoms with Gasteiger partial charge < -0.3 is 4.90 Å². The number of hydrogen-bond acceptors (Lipinski definition) is 2. The molecule has 0 aromatic rings. The van der Waals surface area contributed by atoms with Crippen molar-refractivity contribution in [2.24, 2.45) is 5.41 Å². The molecule has 1 aliphatic heterocycles. The Kier molecular flexibility index (Phi) is 3.83. The molecule has 0 aliphatic carbocycles. The van der Waals surface area contributed by atoms with E-state index in [1.54, 1.807) is 0 Å². The Morgan fingerprint density at radius 3 is 1.93 bits per heavy atom. The zero-order chi connectivity index (χ0) is 11.7. The van der Waals surface area contributed by atoms with Gasteiger partial charge in [-0.3, -0.25) is 4.90 Å². The van der Waals surface area contributed by atoms with Crippen molar-refractivity contribution in [2.45, 2.75) is 46.1 Å². The number of rotatable bonds is 2. The normalized spacial score (nSPS) is 23.4. The lowest BCUT2D eigenvalue weighted by molar-refractivity contribution is 0.0385. The second-order valence-electron chi connectivity index (χ2n) is 6.71. The fraction of sp³-hybridized carbons (Fsp3) is 1.00. The summed E-state index contributed by atoms with van der Waals surface area (Å²) in [7, 11) is 4.36. The van der Waals surface area contributed by atoms with Crippen LogP contribution in [-0.4, -0.2) is 49.1 Å². The Morgan fingerprint density at radius 1 is 1.13 bits per heavy atom. The van der Waals surface area contributed by atoms with Crippen LogP contribution in [0, 0.1) is 5.41 Å². The van der Waals surface area contributed by atoms with E-state index in [1.807, 2.05) is 0 Å². The van der Waals surface area contributed by atoms with E-state index < -0.39 is 0 Å². The summed E-state index contributed by atoms with van der Waals surface area (Å²) in [6, 6.07) is 0. The fourth-order valence-electron chi connectivity index (χ4n) is 2.64. The molecule has 0 spiro atoms. The molecule has 1 fully saturated rings. The van der Waals surface area contributed by atoms with Gasteiger partial charge in [-0.05, 0) is 66.2 Å². The zero-order valence-corrected chi connectivity index (χ0v) is 11.4. The van der Waals surface area contributed by atoms with E-state index in [1.165, 1.54) is 32.5 Å². The van der Waals surface area contributed by atoms with Gasteiger partial charge in [0.2, 0.25) is 0 Å². The van der Waals surface area contributed by atoms with E-state index in [4.69, 9.17) is 0 Å². The highest BCUT2D eigenvalue weighted by atomic mass is 15.2. The highest BCUT2D eigenvalue weighted by Crippen LogP contribution is 2.33. The van der Waals surface area contributed by atoms with Gasteiger partial charge in [-0.15, -0.1) is 0 Å². The molecule has 2 heteroatoms. The Balaban J connectivity index is 2.48. The van der Waals surface area contributed by atoms with Crippen molar-refractivity contribution < 1.29 is 0 Å². The molecule has 0 aromatic heterocycles. The van der Waals surface area contributed by atoms with Gasteiger partial charge in [0.05, 0.1) is 0 Å². The van der Waals surface area contributed by atoms with Crippen LogP contribution in [0.15, 0.2) is 0 Å². The predicted octanol–water partition coefficient (Wildman–Crippen LogP) is 2.45. The number of nitrogens with zero attached hydrogens (tertiary/aromatic N) is 2. The van der Waals surface area contributed by atoms with Crippen LogP contribution in [0.25, 0.3) is 0 Å². The van der Waals surface area contributed by atoms with Gasteiger partial charge in [0.15, 0.2) is 0 Å². The van der Waals surface area contributed by atoms with E-state index in [0.29, 0.717) is 11.0 Å². The third-order valence-corrected chi connectivity index (χ3v) is 3.62. The summed E-state index contributed by atoms with van der Waals surface area (Å²) in [5.41, 5.74) is 0.880. The minimum atomic E-state index is 0.347. The third-order valence-electron chi connectivity index (χ3n) is 3.62. The van der Waals surface area contributed by atoms with Gasteiger partial charge in [0.25, 0.3) is 0 Å². The van der Waals surface area contributed by atoms with Crippen LogP contribution in [0.4, 0.5) is 0 Å². The Hall–Kier alpha value is -0.0800. The van der Waals surface area contributed by atoms with Gasteiger partial charge in [-0.2, -0.15) is 0 Å². The lowest BCUT2D eigenvalue weighted by atomic mass is 9.79. The maximum atomic E-state index is 2.62. The zero-order valence-electron chi connectivity index (χ0n) is 11.4. The van der Waals surface area contributed by atoms with Crippen LogP contribution < -0.4 is 0 Å². The van der Waals surface area contributed by atoms with E-state index in [-0.39, 0.29) is 0 Å². The molecule has 0 amide bonds. The molecule has 0 aromatic carbocycles. The van der Waals surface area contributed by atoms with E-state index >= 15 is 0 Å². The van der Waals surface area contributed by atoms with Crippen molar-refractivity contribution in [2.75, 3.05) is 33.7 Å². The molecule has 1 rings (SSSR count). The molecule has 0 N–H and O–H groups in total. The summed E-state index contributed by atoms with van der Waals surface area (Å²) in [6.07, 6.45) is 2.67. The molecule has 1 aliphatic rings. The first-order valence-electron chi connectivity index (χ1n) is 6.13. The molecule has 1 heterocycles. The first-order valence-corrected chi connectivity index (χ1v) is 6.13. The molecule has 0 unspecified atom stereocenters. The molecule has 0 bridgehead atoms. The average Bonchev–Trinajstić information content (AvgIpc) is 2.00. The van der Waals surface area contributed by atoms with Crippen molar-refractivity contribution in [1.82, 2.24) is 9.80 Å². The van der Waals surface area contributed by atoms with Crippen LogP contribution in [-0.2, 0) is 0 Å². The minimum absolute atomic E-state index is 0.347. The molecule has 90 valence electrons. The molecular weight excluding hydrogens is 184 g/mol. The third kappa shape index (κ3) is 3.76. The summed E-state index contributed by atoms with van der Waals surface area (Å²) < 4.78 is 0. The summed E-state index contributed by atoms with van der Waals surface area (Å²) in [6.45, 7) is 13.1. The number of hydrogen-bond donors (Lipinski definition) is 0. The maximum absolute atomic E-state index is 2.62. The predicted molar refractivity (Wildman–Crippen MR) is 67.2 cm³/mol. The van der Waals surface area contributed by atoms with Crippen LogP contribution in [0.1, 0.15) is 40.5 Å². The Labute approximate surface area is 95.6 Å². The Morgan fingerprint density at radius 2 is 1.60 bits per heavy atom. The molecule has 0 saturated carbocycles. The van der Waals surface area contributed by atoms with Crippen LogP contribution in [0.2, 0.25) is 0 Å². The van der Waals surface area contributed by atoms with E-state index in [2.05, 4.69) is 51.6 Å². The first kappa shape index (κ1) is 13.0. The Bertz CT molecular complexity index is 195. The quantitative estimate of drug-likeness (QED) is 0.694. The first-order chi connectivity index (χ1) is 6.73.